The number of halogens is 1. The van der Waals surface area contributed by atoms with E-state index in [1.165, 1.54) is 0 Å². The van der Waals surface area contributed by atoms with Gasteiger partial charge in [0.25, 0.3) is 5.91 Å². The van der Waals surface area contributed by atoms with Crippen molar-refractivity contribution in [3.8, 4) is 11.5 Å². The van der Waals surface area contributed by atoms with Gasteiger partial charge in [0.1, 0.15) is 18.1 Å². The van der Waals surface area contributed by atoms with Gasteiger partial charge in [-0.3, -0.25) is 4.79 Å². The van der Waals surface area contributed by atoms with Crippen LogP contribution in [-0.2, 0) is 4.79 Å². The molecule has 0 aliphatic heterocycles. The Hall–Kier alpha value is -2.46. The predicted octanol–water partition coefficient (Wildman–Crippen LogP) is 4.31. The number of anilines is 1. The second-order valence-corrected chi connectivity index (χ2v) is 5.21. The molecule has 0 radical (unpaired) electrons. The van der Waals surface area contributed by atoms with Crippen molar-refractivity contribution in [1.82, 2.24) is 0 Å². The number of rotatable bonds is 7. The summed E-state index contributed by atoms with van der Waals surface area (Å²) in [6.45, 7) is 5.69. The number of hydrogen-bond donors (Lipinski definition) is 1. The lowest BCUT2D eigenvalue weighted by Gasteiger charge is -2.15. The molecule has 0 aliphatic rings. The standard InChI is InChI=1S/C18H18ClNO3/c1-3-12-22-15-10-8-14(9-11-15)20-18(21)13(2)23-17-7-5-4-6-16(17)19/h3-11,13H,1,12H2,2H3,(H,20,21). The summed E-state index contributed by atoms with van der Waals surface area (Å²) in [5.74, 6) is 0.929. The number of carbonyl (C=O) groups excluding carboxylic acids is 1. The number of ether oxygens (including phenoxy) is 2. The van der Waals surface area contributed by atoms with Crippen LogP contribution in [0, 0.1) is 0 Å². The van der Waals surface area contributed by atoms with Crippen molar-refractivity contribution in [2.75, 3.05) is 11.9 Å². The van der Waals surface area contributed by atoms with Gasteiger partial charge in [0, 0.05) is 5.69 Å². The average molecular weight is 332 g/mol. The third-order valence-corrected chi connectivity index (χ3v) is 3.31. The van der Waals surface area contributed by atoms with Gasteiger partial charge >= 0.3 is 0 Å². The van der Waals surface area contributed by atoms with Crippen LogP contribution < -0.4 is 14.8 Å². The van der Waals surface area contributed by atoms with Crippen LogP contribution in [0.4, 0.5) is 5.69 Å². The van der Waals surface area contributed by atoms with Crippen LogP contribution in [-0.4, -0.2) is 18.6 Å². The molecule has 2 aromatic rings. The van der Waals surface area contributed by atoms with Crippen molar-refractivity contribution in [3.05, 3.63) is 66.2 Å². The molecule has 4 nitrogen and oxygen atoms in total. The average Bonchev–Trinajstić information content (AvgIpc) is 2.56. The summed E-state index contributed by atoms with van der Waals surface area (Å²) in [5, 5.41) is 3.25. The number of amides is 1. The quantitative estimate of drug-likeness (QED) is 0.769. The molecule has 5 heteroatoms. The zero-order chi connectivity index (χ0) is 16.7. The van der Waals surface area contributed by atoms with E-state index in [4.69, 9.17) is 21.1 Å². The Morgan fingerprint density at radius 1 is 1.26 bits per heavy atom. The van der Waals surface area contributed by atoms with Gasteiger partial charge in [-0.05, 0) is 43.3 Å². The Bertz CT molecular complexity index is 670. The van der Waals surface area contributed by atoms with E-state index < -0.39 is 6.10 Å². The van der Waals surface area contributed by atoms with Crippen molar-refractivity contribution >= 4 is 23.2 Å². The molecule has 1 N–H and O–H groups in total. The monoisotopic (exact) mass is 331 g/mol. The van der Waals surface area contributed by atoms with E-state index in [0.29, 0.717) is 28.8 Å². The highest BCUT2D eigenvalue weighted by atomic mass is 35.5. The molecule has 120 valence electrons. The van der Waals surface area contributed by atoms with E-state index in [1.807, 2.05) is 0 Å². The van der Waals surface area contributed by atoms with E-state index >= 15 is 0 Å². The molecule has 0 aromatic heterocycles. The Balaban J connectivity index is 1.93. The van der Waals surface area contributed by atoms with Gasteiger partial charge in [-0.2, -0.15) is 0 Å². The first-order valence-corrected chi connectivity index (χ1v) is 7.53. The fraction of sp³-hybridized carbons (Fsp3) is 0.167. The van der Waals surface area contributed by atoms with Crippen LogP contribution in [0.5, 0.6) is 11.5 Å². The van der Waals surface area contributed by atoms with Gasteiger partial charge in [-0.1, -0.05) is 36.4 Å². The van der Waals surface area contributed by atoms with Gasteiger partial charge in [0.05, 0.1) is 5.02 Å². The van der Waals surface area contributed by atoms with Crippen molar-refractivity contribution in [2.24, 2.45) is 0 Å². The minimum absolute atomic E-state index is 0.260. The summed E-state index contributed by atoms with van der Waals surface area (Å²) < 4.78 is 11.0. The van der Waals surface area contributed by atoms with Gasteiger partial charge in [0.15, 0.2) is 6.10 Å². The fourth-order valence-electron chi connectivity index (χ4n) is 1.82. The SMILES string of the molecule is C=CCOc1ccc(NC(=O)C(C)Oc2ccccc2Cl)cc1. The molecule has 0 aliphatic carbocycles. The highest BCUT2D eigenvalue weighted by Gasteiger charge is 2.16. The van der Waals surface area contributed by atoms with Crippen molar-refractivity contribution < 1.29 is 14.3 Å². The molecule has 0 saturated heterocycles. The number of nitrogens with one attached hydrogen (secondary N) is 1. The largest absolute Gasteiger partial charge is 0.490 e. The molecule has 1 unspecified atom stereocenters. The molecule has 0 fully saturated rings. The zero-order valence-corrected chi connectivity index (χ0v) is 13.5. The van der Waals surface area contributed by atoms with E-state index in [-0.39, 0.29) is 5.91 Å². The molecule has 2 rings (SSSR count). The van der Waals surface area contributed by atoms with Gasteiger partial charge in [-0.25, -0.2) is 0 Å². The van der Waals surface area contributed by atoms with E-state index in [0.717, 1.165) is 0 Å². The van der Waals surface area contributed by atoms with Gasteiger partial charge in [-0.15, -0.1) is 0 Å². The molecular weight excluding hydrogens is 314 g/mol. The summed E-state index contributed by atoms with van der Waals surface area (Å²) in [6.07, 6.45) is 0.996. The third-order valence-electron chi connectivity index (χ3n) is 3.00. The maximum Gasteiger partial charge on any atom is 0.265 e. The molecule has 1 amide bonds. The Labute approximate surface area is 140 Å². The molecule has 23 heavy (non-hydrogen) atoms. The number of carbonyl (C=O) groups is 1. The Kier molecular flexibility index (Phi) is 6.06. The minimum atomic E-state index is -0.674. The maximum absolute atomic E-state index is 12.2. The van der Waals surface area contributed by atoms with E-state index in [2.05, 4.69) is 11.9 Å². The van der Waals surface area contributed by atoms with Crippen LogP contribution in [0.2, 0.25) is 5.02 Å². The number of benzene rings is 2. The summed E-state index contributed by atoms with van der Waals surface area (Å²) >= 11 is 6.01. The van der Waals surface area contributed by atoms with Crippen LogP contribution in [0.15, 0.2) is 61.2 Å². The van der Waals surface area contributed by atoms with Gasteiger partial charge in [0.2, 0.25) is 0 Å². The number of para-hydroxylation sites is 1. The summed E-state index contributed by atoms with van der Waals surface area (Å²) in [7, 11) is 0. The van der Waals surface area contributed by atoms with Crippen LogP contribution in [0.3, 0.4) is 0 Å². The normalized spacial score (nSPS) is 11.4. The molecular formula is C18H18ClNO3. The summed E-state index contributed by atoms with van der Waals surface area (Å²) in [6, 6.07) is 14.1. The lowest BCUT2D eigenvalue weighted by molar-refractivity contribution is -0.122. The predicted molar refractivity (Wildman–Crippen MR) is 92.3 cm³/mol. The van der Waals surface area contributed by atoms with Gasteiger partial charge < -0.3 is 14.8 Å². The molecule has 0 bridgehead atoms. The third kappa shape index (κ3) is 5.04. The van der Waals surface area contributed by atoms with E-state index in [9.17, 15) is 4.79 Å². The summed E-state index contributed by atoms with van der Waals surface area (Å²) in [5.41, 5.74) is 0.663. The van der Waals surface area contributed by atoms with Crippen molar-refractivity contribution in [1.29, 1.82) is 0 Å². The summed E-state index contributed by atoms with van der Waals surface area (Å²) in [4.78, 5) is 12.2. The first-order chi connectivity index (χ1) is 11.1. The molecule has 1 atom stereocenters. The fourth-order valence-corrected chi connectivity index (χ4v) is 2.00. The first-order valence-electron chi connectivity index (χ1n) is 7.16. The second kappa shape index (κ2) is 8.25. The lowest BCUT2D eigenvalue weighted by Crippen LogP contribution is -2.30. The van der Waals surface area contributed by atoms with Crippen LogP contribution in [0.25, 0.3) is 0 Å². The maximum atomic E-state index is 12.2. The lowest BCUT2D eigenvalue weighted by atomic mass is 10.2. The van der Waals surface area contributed by atoms with Crippen LogP contribution in [0.1, 0.15) is 6.92 Å². The molecule has 2 aromatic carbocycles. The van der Waals surface area contributed by atoms with Crippen molar-refractivity contribution in [2.45, 2.75) is 13.0 Å². The minimum Gasteiger partial charge on any atom is -0.490 e. The highest BCUT2D eigenvalue weighted by Crippen LogP contribution is 2.24. The Morgan fingerprint density at radius 3 is 2.61 bits per heavy atom. The second-order valence-electron chi connectivity index (χ2n) is 4.80. The molecule has 0 spiro atoms. The topological polar surface area (TPSA) is 47.6 Å². The smallest absolute Gasteiger partial charge is 0.265 e. The highest BCUT2D eigenvalue weighted by molar-refractivity contribution is 6.32. The van der Waals surface area contributed by atoms with E-state index in [1.54, 1.807) is 61.5 Å². The molecule has 0 saturated carbocycles. The number of hydrogen-bond acceptors (Lipinski definition) is 3. The first kappa shape index (κ1) is 16.9. The molecule has 0 heterocycles. The Morgan fingerprint density at radius 2 is 1.96 bits per heavy atom. The van der Waals surface area contributed by atoms with Crippen LogP contribution >= 0.6 is 11.6 Å². The van der Waals surface area contributed by atoms with Crippen molar-refractivity contribution in [3.63, 3.8) is 0 Å². The zero-order valence-electron chi connectivity index (χ0n) is 12.8.